The largest absolute Gasteiger partial charge is 0.392 e. The fraction of sp³-hybridized carbons (Fsp3) is 0.692. The molecule has 2 atom stereocenters. The maximum Gasteiger partial charge on any atom is 0.0662 e. The van der Waals surface area contributed by atoms with Gasteiger partial charge in [-0.25, -0.2) is 0 Å². The first-order valence-electron chi connectivity index (χ1n) is 6.01. The third-order valence-electron chi connectivity index (χ3n) is 4.14. The Labute approximate surface area is 115 Å². The standard InChI is InChI=1S/C13H20BrNOS/c1-12(2)3-4-13(8-15,11(12)16)6-10-5-9(14)7-17-10/h5,7,11,16H,3-4,6,8,15H2,1-2H3. The van der Waals surface area contributed by atoms with E-state index in [0.717, 1.165) is 23.7 Å². The summed E-state index contributed by atoms with van der Waals surface area (Å²) in [5.41, 5.74) is 5.83. The van der Waals surface area contributed by atoms with Crippen molar-refractivity contribution in [2.45, 2.75) is 39.2 Å². The van der Waals surface area contributed by atoms with Crippen LogP contribution in [0.15, 0.2) is 15.9 Å². The average molecular weight is 318 g/mol. The number of thiophene rings is 1. The topological polar surface area (TPSA) is 46.2 Å². The van der Waals surface area contributed by atoms with Crippen LogP contribution >= 0.6 is 27.3 Å². The zero-order valence-corrected chi connectivity index (χ0v) is 12.8. The fourth-order valence-corrected chi connectivity index (χ4v) is 4.54. The van der Waals surface area contributed by atoms with Gasteiger partial charge in [0.05, 0.1) is 6.10 Å². The zero-order valence-electron chi connectivity index (χ0n) is 10.4. The number of hydrogen-bond donors (Lipinski definition) is 2. The van der Waals surface area contributed by atoms with Crippen LogP contribution in [-0.4, -0.2) is 17.8 Å². The SMILES string of the molecule is CC1(C)CCC(CN)(Cc2cc(Br)cs2)C1O. The molecule has 1 aliphatic carbocycles. The van der Waals surface area contributed by atoms with Crippen molar-refractivity contribution in [3.63, 3.8) is 0 Å². The molecule has 2 unspecified atom stereocenters. The highest BCUT2D eigenvalue weighted by Gasteiger charge is 2.50. The van der Waals surface area contributed by atoms with Crippen molar-refractivity contribution in [3.05, 3.63) is 20.8 Å². The van der Waals surface area contributed by atoms with Crippen molar-refractivity contribution in [3.8, 4) is 0 Å². The number of aliphatic hydroxyl groups is 1. The predicted octanol–water partition coefficient (Wildman–Crippen LogP) is 3.18. The molecule has 4 heteroatoms. The number of rotatable bonds is 3. The molecule has 0 aliphatic heterocycles. The second-order valence-electron chi connectivity index (χ2n) is 5.87. The quantitative estimate of drug-likeness (QED) is 0.899. The van der Waals surface area contributed by atoms with E-state index in [1.807, 2.05) is 0 Å². The summed E-state index contributed by atoms with van der Waals surface area (Å²) in [4.78, 5) is 1.30. The van der Waals surface area contributed by atoms with Crippen LogP contribution in [0.2, 0.25) is 0 Å². The van der Waals surface area contributed by atoms with E-state index >= 15 is 0 Å². The van der Waals surface area contributed by atoms with Gasteiger partial charge in [-0.3, -0.25) is 0 Å². The van der Waals surface area contributed by atoms with Crippen molar-refractivity contribution in [2.75, 3.05) is 6.54 Å². The summed E-state index contributed by atoms with van der Waals surface area (Å²) in [6, 6.07) is 2.14. The first kappa shape index (κ1) is 13.5. The van der Waals surface area contributed by atoms with Gasteiger partial charge in [-0.05, 0) is 46.7 Å². The van der Waals surface area contributed by atoms with Crippen LogP contribution in [0.25, 0.3) is 0 Å². The number of halogens is 1. The third kappa shape index (κ3) is 2.46. The fourth-order valence-electron chi connectivity index (χ4n) is 2.94. The van der Waals surface area contributed by atoms with Crippen molar-refractivity contribution < 1.29 is 5.11 Å². The van der Waals surface area contributed by atoms with E-state index < -0.39 is 0 Å². The molecule has 2 nitrogen and oxygen atoms in total. The molecule has 96 valence electrons. The molecule has 17 heavy (non-hydrogen) atoms. The molecule has 1 heterocycles. The Morgan fingerprint density at radius 1 is 1.53 bits per heavy atom. The van der Waals surface area contributed by atoms with Crippen LogP contribution in [0.3, 0.4) is 0 Å². The molecule has 0 radical (unpaired) electrons. The summed E-state index contributed by atoms with van der Waals surface area (Å²) in [6.45, 7) is 4.84. The summed E-state index contributed by atoms with van der Waals surface area (Å²) in [5.74, 6) is 0. The average Bonchev–Trinajstić information content (AvgIpc) is 2.77. The van der Waals surface area contributed by atoms with Gasteiger partial charge < -0.3 is 10.8 Å². The molecule has 1 aromatic rings. The molecule has 0 amide bonds. The van der Waals surface area contributed by atoms with E-state index in [0.29, 0.717) is 6.54 Å². The van der Waals surface area contributed by atoms with Gasteiger partial charge in [0.1, 0.15) is 0 Å². The summed E-state index contributed by atoms with van der Waals surface area (Å²) in [5, 5.41) is 12.6. The highest BCUT2D eigenvalue weighted by molar-refractivity contribution is 9.10. The second-order valence-corrected chi connectivity index (χ2v) is 7.78. The van der Waals surface area contributed by atoms with E-state index in [-0.39, 0.29) is 16.9 Å². The molecular weight excluding hydrogens is 298 g/mol. The predicted molar refractivity (Wildman–Crippen MR) is 76.2 cm³/mol. The van der Waals surface area contributed by atoms with E-state index in [2.05, 4.69) is 41.2 Å². The summed E-state index contributed by atoms with van der Waals surface area (Å²) in [7, 11) is 0. The number of aliphatic hydroxyl groups excluding tert-OH is 1. The summed E-state index contributed by atoms with van der Waals surface area (Å²) in [6.07, 6.45) is 2.66. The normalized spacial score (nSPS) is 31.9. The maximum absolute atomic E-state index is 10.5. The van der Waals surface area contributed by atoms with Crippen LogP contribution in [0.4, 0.5) is 0 Å². The van der Waals surface area contributed by atoms with Crippen molar-refractivity contribution in [2.24, 2.45) is 16.6 Å². The highest BCUT2D eigenvalue weighted by atomic mass is 79.9. The molecule has 1 aromatic heterocycles. The molecule has 0 saturated heterocycles. The van der Waals surface area contributed by atoms with Gasteiger partial charge in [-0.1, -0.05) is 13.8 Å². The van der Waals surface area contributed by atoms with Gasteiger partial charge in [0.2, 0.25) is 0 Å². The van der Waals surface area contributed by atoms with Crippen LogP contribution in [-0.2, 0) is 6.42 Å². The lowest BCUT2D eigenvalue weighted by Gasteiger charge is -2.35. The number of nitrogens with two attached hydrogens (primary N) is 1. The minimum Gasteiger partial charge on any atom is -0.392 e. The van der Waals surface area contributed by atoms with E-state index in [4.69, 9.17) is 5.73 Å². The maximum atomic E-state index is 10.5. The summed E-state index contributed by atoms with van der Waals surface area (Å²) < 4.78 is 1.12. The minimum absolute atomic E-state index is 0.00609. The van der Waals surface area contributed by atoms with Crippen molar-refractivity contribution in [1.29, 1.82) is 0 Å². The van der Waals surface area contributed by atoms with Crippen LogP contribution in [0.1, 0.15) is 31.6 Å². The Morgan fingerprint density at radius 3 is 2.65 bits per heavy atom. The lowest BCUT2D eigenvalue weighted by atomic mass is 9.75. The van der Waals surface area contributed by atoms with Crippen molar-refractivity contribution in [1.82, 2.24) is 0 Å². The van der Waals surface area contributed by atoms with Crippen LogP contribution in [0.5, 0.6) is 0 Å². The molecule has 0 aromatic carbocycles. The van der Waals surface area contributed by atoms with Gasteiger partial charge in [0.15, 0.2) is 0 Å². The van der Waals surface area contributed by atoms with Crippen LogP contribution < -0.4 is 5.73 Å². The van der Waals surface area contributed by atoms with Gasteiger partial charge >= 0.3 is 0 Å². The van der Waals surface area contributed by atoms with Crippen molar-refractivity contribution >= 4 is 27.3 Å². The van der Waals surface area contributed by atoms with E-state index in [1.165, 1.54) is 4.88 Å². The smallest absolute Gasteiger partial charge is 0.0662 e. The molecule has 0 spiro atoms. The van der Waals surface area contributed by atoms with Crippen LogP contribution in [0, 0.1) is 10.8 Å². The first-order chi connectivity index (χ1) is 7.89. The van der Waals surface area contributed by atoms with Gasteiger partial charge in [0, 0.05) is 26.7 Å². The Bertz CT molecular complexity index is 404. The molecule has 1 aliphatic rings. The Morgan fingerprint density at radius 2 is 2.24 bits per heavy atom. The van der Waals surface area contributed by atoms with Gasteiger partial charge in [-0.2, -0.15) is 0 Å². The Hall–Kier alpha value is 0.1000. The molecule has 2 rings (SSSR count). The third-order valence-corrected chi connectivity index (χ3v) is 5.84. The molecule has 1 fully saturated rings. The Balaban J connectivity index is 2.21. The van der Waals surface area contributed by atoms with Gasteiger partial charge in [0.25, 0.3) is 0 Å². The van der Waals surface area contributed by atoms with Gasteiger partial charge in [-0.15, -0.1) is 11.3 Å². The second kappa shape index (κ2) is 4.65. The number of hydrogen-bond acceptors (Lipinski definition) is 3. The Kier molecular flexibility index (Phi) is 3.70. The lowest BCUT2D eigenvalue weighted by Crippen LogP contribution is -2.44. The van der Waals surface area contributed by atoms with E-state index in [1.54, 1.807) is 11.3 Å². The first-order valence-corrected chi connectivity index (χ1v) is 7.68. The highest BCUT2D eigenvalue weighted by Crippen LogP contribution is 2.50. The molecule has 3 N–H and O–H groups in total. The molecule has 1 saturated carbocycles. The van der Waals surface area contributed by atoms with E-state index in [9.17, 15) is 5.11 Å². The minimum atomic E-state index is -0.305. The zero-order chi connectivity index (χ0) is 12.7. The monoisotopic (exact) mass is 317 g/mol. The molecular formula is C13H20BrNOS. The molecule has 0 bridgehead atoms. The lowest BCUT2D eigenvalue weighted by molar-refractivity contribution is -0.00426. The summed E-state index contributed by atoms with van der Waals surface area (Å²) >= 11 is 5.21.